The second-order valence-corrected chi connectivity index (χ2v) is 8.07. The van der Waals surface area contributed by atoms with E-state index in [1.165, 1.54) is 5.57 Å². The van der Waals surface area contributed by atoms with Crippen molar-refractivity contribution >= 4 is 11.9 Å². The van der Waals surface area contributed by atoms with Crippen molar-refractivity contribution in [1.82, 2.24) is 20.4 Å². The van der Waals surface area contributed by atoms with Gasteiger partial charge in [-0.15, -0.1) is 0 Å². The molecule has 0 aliphatic carbocycles. The molecule has 0 saturated carbocycles. The zero-order valence-corrected chi connectivity index (χ0v) is 16.9. The van der Waals surface area contributed by atoms with Gasteiger partial charge in [0, 0.05) is 51.7 Å². The summed E-state index contributed by atoms with van der Waals surface area (Å²) >= 11 is 0. The molecule has 0 radical (unpaired) electrons. The fraction of sp³-hybridized carbons (Fsp3) is 0.545. The molecule has 2 N–H and O–H groups in total. The molecular weight excluding hydrogens is 352 g/mol. The van der Waals surface area contributed by atoms with Crippen LogP contribution in [0.4, 0.5) is 4.79 Å². The molecule has 2 saturated heterocycles. The summed E-state index contributed by atoms with van der Waals surface area (Å²) < 4.78 is 0. The molecule has 0 spiro atoms. The van der Waals surface area contributed by atoms with Gasteiger partial charge in [-0.2, -0.15) is 0 Å². The first-order valence-electron chi connectivity index (χ1n) is 10.3. The summed E-state index contributed by atoms with van der Waals surface area (Å²) in [7, 11) is 0. The summed E-state index contributed by atoms with van der Waals surface area (Å²) in [4.78, 5) is 28.3. The first-order valence-corrected chi connectivity index (χ1v) is 10.3. The molecule has 6 heteroatoms. The fourth-order valence-corrected chi connectivity index (χ4v) is 3.97. The molecule has 152 valence electrons. The average molecular weight is 385 g/mol. The molecule has 0 unspecified atom stereocenters. The Labute approximate surface area is 168 Å². The van der Waals surface area contributed by atoms with Gasteiger partial charge in [0.15, 0.2) is 0 Å². The van der Waals surface area contributed by atoms with Crippen molar-refractivity contribution in [3.05, 3.63) is 47.5 Å². The Morgan fingerprint density at radius 1 is 1.21 bits per heavy atom. The van der Waals surface area contributed by atoms with E-state index in [1.54, 1.807) is 0 Å². The summed E-state index contributed by atoms with van der Waals surface area (Å²) in [6, 6.07) is 8.22. The van der Waals surface area contributed by atoms with Crippen LogP contribution in [0.3, 0.4) is 0 Å². The summed E-state index contributed by atoms with van der Waals surface area (Å²) in [6.45, 7) is 10.9. The smallest absolute Gasteiger partial charge is 0.315 e. The van der Waals surface area contributed by atoms with E-state index in [-0.39, 0.29) is 18.0 Å². The maximum Gasteiger partial charge on any atom is 0.315 e. The van der Waals surface area contributed by atoms with E-state index >= 15 is 0 Å². The first kappa shape index (κ1) is 20.4. The standard InChI is InChI=1S/C22H32N4O2/c1-17(2)15-25-11-8-20(9-12-25)24-22(28)23-14-18-5-3-6-19(13-18)16-26-10-4-7-21(26)27/h3,5-6,13,20H,1,4,7-12,14-16H2,2H3,(H2,23,24,28). The van der Waals surface area contributed by atoms with Crippen molar-refractivity contribution in [3.63, 3.8) is 0 Å². The minimum Gasteiger partial charge on any atom is -0.338 e. The number of hydrogen-bond donors (Lipinski definition) is 2. The van der Waals surface area contributed by atoms with Gasteiger partial charge in [-0.3, -0.25) is 9.69 Å². The van der Waals surface area contributed by atoms with Gasteiger partial charge >= 0.3 is 6.03 Å². The van der Waals surface area contributed by atoms with Crippen LogP contribution in [0.5, 0.6) is 0 Å². The van der Waals surface area contributed by atoms with Gasteiger partial charge in [0.1, 0.15) is 0 Å². The van der Waals surface area contributed by atoms with Crippen LogP contribution >= 0.6 is 0 Å². The predicted molar refractivity (Wildman–Crippen MR) is 111 cm³/mol. The zero-order chi connectivity index (χ0) is 19.9. The van der Waals surface area contributed by atoms with Crippen LogP contribution in [0.25, 0.3) is 0 Å². The number of nitrogens with zero attached hydrogens (tertiary/aromatic N) is 2. The Morgan fingerprint density at radius 2 is 1.96 bits per heavy atom. The first-order chi connectivity index (χ1) is 13.5. The van der Waals surface area contributed by atoms with Crippen molar-refractivity contribution < 1.29 is 9.59 Å². The van der Waals surface area contributed by atoms with E-state index in [0.29, 0.717) is 19.5 Å². The number of nitrogens with one attached hydrogen (secondary N) is 2. The normalized spacial score (nSPS) is 18.3. The molecular formula is C22H32N4O2. The van der Waals surface area contributed by atoms with E-state index in [2.05, 4.69) is 35.1 Å². The van der Waals surface area contributed by atoms with Crippen molar-refractivity contribution in [2.45, 2.75) is 51.7 Å². The van der Waals surface area contributed by atoms with E-state index in [4.69, 9.17) is 0 Å². The molecule has 3 rings (SSSR count). The second-order valence-electron chi connectivity index (χ2n) is 8.07. The summed E-state index contributed by atoms with van der Waals surface area (Å²) in [5.74, 6) is 0.234. The molecule has 28 heavy (non-hydrogen) atoms. The molecule has 6 nitrogen and oxygen atoms in total. The molecule has 2 aliphatic heterocycles. The van der Waals surface area contributed by atoms with Gasteiger partial charge in [0.2, 0.25) is 5.91 Å². The average Bonchev–Trinajstić information content (AvgIpc) is 3.06. The number of carbonyl (C=O) groups excluding carboxylic acids is 2. The van der Waals surface area contributed by atoms with E-state index in [9.17, 15) is 9.59 Å². The Hall–Kier alpha value is -2.34. The molecule has 0 bridgehead atoms. The Bertz CT molecular complexity index is 710. The van der Waals surface area contributed by atoms with Crippen molar-refractivity contribution in [2.75, 3.05) is 26.2 Å². The molecule has 2 aliphatic rings. The van der Waals surface area contributed by atoms with Crippen molar-refractivity contribution in [3.8, 4) is 0 Å². The number of amides is 3. The summed E-state index contributed by atoms with van der Waals surface area (Å²) in [6.07, 6.45) is 3.56. The van der Waals surface area contributed by atoms with Crippen LogP contribution in [0.1, 0.15) is 43.7 Å². The van der Waals surface area contributed by atoms with Crippen LogP contribution in [-0.4, -0.2) is 54.0 Å². The van der Waals surface area contributed by atoms with Crippen LogP contribution in [0.15, 0.2) is 36.4 Å². The van der Waals surface area contributed by atoms with Crippen LogP contribution in [0.2, 0.25) is 0 Å². The molecule has 1 aromatic rings. The second kappa shape index (κ2) is 9.73. The molecule has 2 fully saturated rings. The van der Waals surface area contributed by atoms with Gasteiger partial charge in [-0.05, 0) is 37.3 Å². The third-order valence-corrected chi connectivity index (χ3v) is 5.41. The Balaban J connectivity index is 1.40. The predicted octanol–water partition coefficient (Wildman–Crippen LogP) is 2.65. The fourth-order valence-electron chi connectivity index (χ4n) is 3.97. The third-order valence-electron chi connectivity index (χ3n) is 5.41. The minimum atomic E-state index is -0.113. The number of urea groups is 1. The van der Waals surface area contributed by atoms with Gasteiger partial charge in [0.05, 0.1) is 0 Å². The van der Waals surface area contributed by atoms with Crippen LogP contribution in [-0.2, 0) is 17.9 Å². The number of benzene rings is 1. The number of carbonyl (C=O) groups is 2. The number of piperidine rings is 1. The molecule has 3 amide bonds. The van der Waals surface area contributed by atoms with E-state index < -0.39 is 0 Å². The third kappa shape index (κ3) is 6.09. The van der Waals surface area contributed by atoms with Gasteiger partial charge in [-0.25, -0.2) is 4.79 Å². The van der Waals surface area contributed by atoms with E-state index in [1.807, 2.05) is 23.1 Å². The monoisotopic (exact) mass is 384 g/mol. The largest absolute Gasteiger partial charge is 0.338 e. The highest BCUT2D eigenvalue weighted by Crippen LogP contribution is 2.15. The minimum absolute atomic E-state index is 0.113. The summed E-state index contributed by atoms with van der Waals surface area (Å²) in [5, 5.41) is 6.05. The highest BCUT2D eigenvalue weighted by molar-refractivity contribution is 5.78. The van der Waals surface area contributed by atoms with Crippen molar-refractivity contribution in [1.29, 1.82) is 0 Å². The quantitative estimate of drug-likeness (QED) is 0.711. The zero-order valence-electron chi connectivity index (χ0n) is 16.9. The van der Waals surface area contributed by atoms with Crippen LogP contribution in [0, 0.1) is 0 Å². The lowest BCUT2D eigenvalue weighted by atomic mass is 10.0. The Morgan fingerprint density at radius 3 is 2.64 bits per heavy atom. The lowest BCUT2D eigenvalue weighted by molar-refractivity contribution is -0.128. The molecule has 2 heterocycles. The highest BCUT2D eigenvalue weighted by Gasteiger charge is 2.21. The molecule has 0 aromatic heterocycles. The number of rotatable bonds is 7. The number of hydrogen-bond acceptors (Lipinski definition) is 3. The van der Waals surface area contributed by atoms with Gasteiger partial charge < -0.3 is 15.5 Å². The Kier molecular flexibility index (Phi) is 7.09. The molecule has 1 aromatic carbocycles. The van der Waals surface area contributed by atoms with Crippen molar-refractivity contribution in [2.24, 2.45) is 0 Å². The maximum absolute atomic E-state index is 12.2. The van der Waals surface area contributed by atoms with Gasteiger partial charge in [0.25, 0.3) is 0 Å². The van der Waals surface area contributed by atoms with Gasteiger partial charge in [-0.1, -0.05) is 36.4 Å². The van der Waals surface area contributed by atoms with E-state index in [0.717, 1.165) is 56.6 Å². The SMILES string of the molecule is C=C(C)CN1CCC(NC(=O)NCc2cccc(CN3CCCC3=O)c2)CC1. The highest BCUT2D eigenvalue weighted by atomic mass is 16.2. The maximum atomic E-state index is 12.2. The molecule has 0 atom stereocenters. The van der Waals surface area contributed by atoms with Crippen LogP contribution < -0.4 is 10.6 Å². The lowest BCUT2D eigenvalue weighted by Gasteiger charge is -2.32. The summed E-state index contributed by atoms with van der Waals surface area (Å²) in [5.41, 5.74) is 3.34. The lowest BCUT2D eigenvalue weighted by Crippen LogP contribution is -2.47. The topological polar surface area (TPSA) is 64.7 Å². The number of likely N-dealkylation sites (tertiary alicyclic amines) is 2.